The zero-order chi connectivity index (χ0) is 18.0. The lowest BCUT2D eigenvalue weighted by Crippen LogP contribution is -2.40. The van der Waals surface area contributed by atoms with E-state index in [1.165, 1.54) is 27.6 Å². The van der Waals surface area contributed by atoms with E-state index < -0.39 is 5.54 Å². The molecule has 1 atom stereocenters. The second kappa shape index (κ2) is 6.39. The predicted octanol–water partition coefficient (Wildman–Crippen LogP) is 1.19. The number of nitrogens with zero attached hydrogens (tertiary/aromatic N) is 1. The third-order valence-electron chi connectivity index (χ3n) is 4.04. The zero-order valence-electron chi connectivity index (χ0n) is 14.2. The highest BCUT2D eigenvalue weighted by atomic mass is 16.5. The van der Waals surface area contributed by atoms with E-state index in [4.69, 9.17) is 24.4 Å². The molecule has 0 radical (unpaired) electrons. The normalized spacial score (nSPS) is 19.3. The highest BCUT2D eigenvalue weighted by Gasteiger charge is 2.47. The number of furan rings is 1. The first kappa shape index (κ1) is 16.7. The fourth-order valence-electron chi connectivity index (χ4n) is 2.92. The van der Waals surface area contributed by atoms with Gasteiger partial charge in [0.05, 0.1) is 27.6 Å². The minimum absolute atomic E-state index is 0.0499. The smallest absolute Gasteiger partial charge is 0.262 e. The molecule has 1 aromatic carbocycles. The van der Waals surface area contributed by atoms with Crippen LogP contribution < -0.4 is 25.3 Å². The molecule has 0 fully saturated rings. The number of amides is 1. The molecular formula is C17H19N3O5. The molecule has 1 aliphatic rings. The number of hydrogen-bond acceptors (Lipinski definition) is 7. The topological polar surface area (TPSA) is 108 Å². The molecule has 8 heteroatoms. The Morgan fingerprint density at radius 2 is 1.88 bits per heavy atom. The van der Waals surface area contributed by atoms with Crippen molar-refractivity contribution >= 4 is 11.9 Å². The van der Waals surface area contributed by atoms with Crippen LogP contribution in [-0.4, -0.2) is 33.2 Å². The van der Waals surface area contributed by atoms with Gasteiger partial charge >= 0.3 is 0 Å². The SMILES string of the molecule is COc1cc(C[C@@]2(c3ccco3)N=C(N)NC2=O)cc(OC)c1OC. The Hall–Kier alpha value is -3.16. The van der Waals surface area contributed by atoms with Crippen LogP contribution in [0.4, 0.5) is 0 Å². The third-order valence-corrected chi connectivity index (χ3v) is 4.04. The lowest BCUT2D eigenvalue weighted by molar-refractivity contribution is -0.124. The lowest BCUT2D eigenvalue weighted by atomic mass is 9.88. The number of guanidine groups is 1. The number of carbonyl (C=O) groups is 1. The van der Waals surface area contributed by atoms with Crippen LogP contribution in [0.25, 0.3) is 0 Å². The van der Waals surface area contributed by atoms with E-state index in [9.17, 15) is 4.79 Å². The van der Waals surface area contributed by atoms with Crippen LogP contribution >= 0.6 is 0 Å². The van der Waals surface area contributed by atoms with Crippen molar-refractivity contribution in [1.82, 2.24) is 5.32 Å². The molecule has 0 bridgehead atoms. The van der Waals surface area contributed by atoms with E-state index in [0.29, 0.717) is 23.0 Å². The van der Waals surface area contributed by atoms with Gasteiger partial charge in [-0.15, -0.1) is 0 Å². The first-order valence-electron chi connectivity index (χ1n) is 7.53. The van der Waals surface area contributed by atoms with Gasteiger partial charge in [-0.05, 0) is 29.8 Å². The van der Waals surface area contributed by atoms with Gasteiger partial charge in [-0.2, -0.15) is 0 Å². The molecule has 1 aliphatic heterocycles. The second-order valence-corrected chi connectivity index (χ2v) is 5.50. The standard InChI is InChI=1S/C17H19N3O5/c1-22-11-7-10(8-12(23-2)14(11)24-3)9-17(13-5-4-6-25-13)15(21)19-16(18)20-17/h4-8H,9H2,1-3H3,(H3,18,19,20,21)/t17-/m0/s1. The maximum Gasteiger partial charge on any atom is 0.262 e. The van der Waals surface area contributed by atoms with Gasteiger partial charge in [-0.1, -0.05) is 0 Å². The van der Waals surface area contributed by atoms with E-state index in [2.05, 4.69) is 10.3 Å². The summed E-state index contributed by atoms with van der Waals surface area (Å²) in [5, 5.41) is 2.54. The monoisotopic (exact) mass is 345 g/mol. The van der Waals surface area contributed by atoms with Crippen LogP contribution in [0.2, 0.25) is 0 Å². The molecule has 2 heterocycles. The maximum atomic E-state index is 12.6. The van der Waals surface area contributed by atoms with Crippen molar-refractivity contribution in [2.75, 3.05) is 21.3 Å². The first-order chi connectivity index (χ1) is 12.0. The van der Waals surface area contributed by atoms with E-state index in [0.717, 1.165) is 5.56 Å². The van der Waals surface area contributed by atoms with Crippen molar-refractivity contribution in [3.8, 4) is 17.2 Å². The Bertz CT molecular complexity index is 791. The Morgan fingerprint density at radius 3 is 2.32 bits per heavy atom. The highest BCUT2D eigenvalue weighted by molar-refractivity contribution is 6.07. The van der Waals surface area contributed by atoms with Crippen molar-refractivity contribution in [1.29, 1.82) is 0 Å². The van der Waals surface area contributed by atoms with Gasteiger partial charge in [-0.3, -0.25) is 10.1 Å². The average Bonchev–Trinajstić information content (AvgIpc) is 3.23. The first-order valence-corrected chi connectivity index (χ1v) is 7.53. The molecule has 25 heavy (non-hydrogen) atoms. The number of methoxy groups -OCH3 is 3. The molecular weight excluding hydrogens is 326 g/mol. The van der Waals surface area contributed by atoms with Gasteiger partial charge in [-0.25, -0.2) is 4.99 Å². The van der Waals surface area contributed by atoms with Gasteiger partial charge in [0.1, 0.15) is 5.76 Å². The minimum Gasteiger partial charge on any atom is -0.493 e. The molecule has 132 valence electrons. The van der Waals surface area contributed by atoms with Gasteiger partial charge < -0.3 is 24.4 Å². The Balaban J connectivity index is 2.09. The number of hydrogen-bond donors (Lipinski definition) is 2. The second-order valence-electron chi connectivity index (χ2n) is 5.50. The summed E-state index contributed by atoms with van der Waals surface area (Å²) in [5.41, 5.74) is 5.20. The van der Waals surface area contributed by atoms with Crippen molar-refractivity contribution in [2.45, 2.75) is 12.0 Å². The highest BCUT2D eigenvalue weighted by Crippen LogP contribution is 2.41. The number of rotatable bonds is 6. The maximum absolute atomic E-state index is 12.6. The molecule has 3 rings (SSSR count). The summed E-state index contributed by atoms with van der Waals surface area (Å²) in [5.74, 6) is 1.55. The summed E-state index contributed by atoms with van der Waals surface area (Å²) in [7, 11) is 4.59. The van der Waals surface area contributed by atoms with Gasteiger partial charge in [0.2, 0.25) is 11.3 Å². The van der Waals surface area contributed by atoms with Crippen LogP contribution in [0.1, 0.15) is 11.3 Å². The van der Waals surface area contributed by atoms with Crippen LogP contribution in [0.15, 0.2) is 39.9 Å². The van der Waals surface area contributed by atoms with Crippen LogP contribution in [0.5, 0.6) is 17.2 Å². The summed E-state index contributed by atoms with van der Waals surface area (Å²) >= 11 is 0. The number of aliphatic imine (C=N–C) groups is 1. The molecule has 8 nitrogen and oxygen atoms in total. The number of nitrogens with one attached hydrogen (secondary N) is 1. The molecule has 2 aromatic rings. The average molecular weight is 345 g/mol. The molecule has 1 amide bonds. The van der Waals surface area contributed by atoms with E-state index in [-0.39, 0.29) is 18.3 Å². The molecule has 0 aliphatic carbocycles. The van der Waals surface area contributed by atoms with Gasteiger partial charge in [0.15, 0.2) is 17.5 Å². The van der Waals surface area contributed by atoms with Gasteiger partial charge in [0.25, 0.3) is 5.91 Å². The number of ether oxygens (including phenoxy) is 3. The summed E-state index contributed by atoms with van der Waals surface area (Å²) in [6.07, 6.45) is 1.70. The van der Waals surface area contributed by atoms with E-state index in [1.54, 1.807) is 24.3 Å². The quantitative estimate of drug-likeness (QED) is 0.814. The Morgan fingerprint density at radius 1 is 1.20 bits per heavy atom. The third kappa shape index (κ3) is 2.75. The Kier molecular flexibility index (Phi) is 4.26. The largest absolute Gasteiger partial charge is 0.493 e. The molecule has 3 N–H and O–H groups in total. The minimum atomic E-state index is -1.28. The van der Waals surface area contributed by atoms with Crippen LogP contribution in [0, 0.1) is 0 Å². The predicted molar refractivity (Wildman–Crippen MR) is 90.0 cm³/mol. The summed E-state index contributed by atoms with van der Waals surface area (Å²) in [6, 6.07) is 6.93. The van der Waals surface area contributed by atoms with Crippen LogP contribution in [-0.2, 0) is 16.8 Å². The Labute approximate surface area is 144 Å². The van der Waals surface area contributed by atoms with Gasteiger partial charge in [0, 0.05) is 6.42 Å². The zero-order valence-corrected chi connectivity index (χ0v) is 14.2. The van der Waals surface area contributed by atoms with Crippen molar-refractivity contribution < 1.29 is 23.4 Å². The molecule has 0 saturated heterocycles. The molecule has 0 spiro atoms. The van der Waals surface area contributed by atoms with Crippen LogP contribution in [0.3, 0.4) is 0 Å². The van der Waals surface area contributed by atoms with E-state index in [1.807, 2.05) is 0 Å². The summed E-state index contributed by atoms with van der Waals surface area (Å²) in [6.45, 7) is 0. The fourth-order valence-corrected chi connectivity index (χ4v) is 2.92. The van der Waals surface area contributed by atoms with Crippen molar-refractivity contribution in [3.63, 3.8) is 0 Å². The summed E-state index contributed by atoms with van der Waals surface area (Å²) < 4.78 is 21.5. The number of nitrogens with two attached hydrogens (primary N) is 1. The number of carbonyl (C=O) groups excluding carboxylic acids is 1. The fraction of sp³-hybridized carbons (Fsp3) is 0.294. The molecule has 0 saturated carbocycles. The van der Waals surface area contributed by atoms with E-state index >= 15 is 0 Å². The lowest BCUT2D eigenvalue weighted by Gasteiger charge is -2.22. The summed E-state index contributed by atoms with van der Waals surface area (Å²) in [4.78, 5) is 16.9. The molecule has 0 unspecified atom stereocenters. The number of benzene rings is 1. The molecule has 1 aromatic heterocycles. The van der Waals surface area contributed by atoms with Crippen molar-refractivity contribution in [2.24, 2.45) is 10.7 Å². The van der Waals surface area contributed by atoms with Crippen molar-refractivity contribution in [3.05, 3.63) is 41.9 Å².